The molecule has 1 heterocycles. The molecule has 1 fully saturated rings. The van der Waals surface area contributed by atoms with Gasteiger partial charge >= 0.3 is 0 Å². The fraction of sp³-hybridized carbons (Fsp3) is 0.800. The van der Waals surface area contributed by atoms with Gasteiger partial charge in [-0.05, 0) is 38.2 Å². The predicted molar refractivity (Wildman–Crippen MR) is 70.1 cm³/mol. The summed E-state index contributed by atoms with van der Waals surface area (Å²) in [4.78, 5) is 0. The third-order valence-electron chi connectivity index (χ3n) is 2.30. The second-order valence-electron chi connectivity index (χ2n) is 3.42. The van der Waals surface area contributed by atoms with E-state index in [1.54, 1.807) is 5.57 Å². The lowest BCUT2D eigenvalue weighted by molar-refractivity contribution is 1.01. The second kappa shape index (κ2) is 6.41. The molecule has 1 saturated heterocycles. The van der Waals surface area contributed by atoms with Gasteiger partial charge in [0.15, 0.2) is 0 Å². The average molecular weight is 281 g/mol. The second-order valence-corrected chi connectivity index (χ2v) is 6.90. The molecule has 0 radical (unpaired) electrons. The van der Waals surface area contributed by atoms with Gasteiger partial charge < -0.3 is 0 Å². The molecule has 0 unspecified atom stereocenters. The summed E-state index contributed by atoms with van der Waals surface area (Å²) in [5.41, 5.74) is 3.08. The SMILES string of the molecule is C/C(CBr)=C(/C)CC1SCCCS1. The Bertz CT molecular complexity index is 183. The van der Waals surface area contributed by atoms with E-state index in [4.69, 9.17) is 0 Å². The van der Waals surface area contributed by atoms with Crippen molar-refractivity contribution in [2.45, 2.75) is 31.3 Å². The number of alkyl halides is 1. The number of thioether (sulfide) groups is 2. The number of rotatable bonds is 3. The van der Waals surface area contributed by atoms with Gasteiger partial charge in [-0.2, -0.15) is 0 Å². The Labute approximate surface area is 98.4 Å². The van der Waals surface area contributed by atoms with E-state index in [1.165, 1.54) is 29.9 Å². The van der Waals surface area contributed by atoms with E-state index in [9.17, 15) is 0 Å². The molecule has 0 bridgehead atoms. The molecule has 0 amide bonds. The van der Waals surface area contributed by atoms with Crippen molar-refractivity contribution in [1.29, 1.82) is 0 Å². The smallest absolute Gasteiger partial charge is 0.0539 e. The lowest BCUT2D eigenvalue weighted by Crippen LogP contribution is -2.07. The third kappa shape index (κ3) is 4.30. The van der Waals surface area contributed by atoms with Crippen molar-refractivity contribution < 1.29 is 0 Å². The minimum Gasteiger partial charge on any atom is -0.147 e. The lowest BCUT2D eigenvalue weighted by atomic mass is 10.1. The number of allylic oxidation sites excluding steroid dienone is 2. The predicted octanol–water partition coefficient (Wildman–Crippen LogP) is 4.30. The van der Waals surface area contributed by atoms with Gasteiger partial charge in [0.2, 0.25) is 0 Å². The summed E-state index contributed by atoms with van der Waals surface area (Å²) >= 11 is 7.77. The molecule has 0 aromatic heterocycles. The minimum absolute atomic E-state index is 0.822. The fourth-order valence-electron chi connectivity index (χ4n) is 1.19. The molecular weight excluding hydrogens is 264 g/mol. The standard InChI is InChI=1S/C10H17BrS2/c1-8(9(2)7-11)6-10-12-4-3-5-13-10/h10H,3-7H2,1-2H3/b9-8+. The molecule has 0 atom stereocenters. The van der Waals surface area contributed by atoms with Gasteiger partial charge in [0.25, 0.3) is 0 Å². The molecule has 1 aliphatic rings. The minimum atomic E-state index is 0.822. The highest BCUT2D eigenvalue weighted by Gasteiger charge is 2.15. The Balaban J connectivity index is 2.38. The van der Waals surface area contributed by atoms with Gasteiger partial charge in [0.05, 0.1) is 4.58 Å². The van der Waals surface area contributed by atoms with Crippen LogP contribution in [0.15, 0.2) is 11.1 Å². The zero-order valence-corrected chi connectivity index (χ0v) is 11.5. The van der Waals surface area contributed by atoms with Crippen LogP contribution in [0.2, 0.25) is 0 Å². The van der Waals surface area contributed by atoms with Gasteiger partial charge in [-0.25, -0.2) is 0 Å². The quantitative estimate of drug-likeness (QED) is 0.558. The van der Waals surface area contributed by atoms with Crippen molar-refractivity contribution in [2.24, 2.45) is 0 Å². The van der Waals surface area contributed by atoms with Gasteiger partial charge in [-0.3, -0.25) is 0 Å². The van der Waals surface area contributed by atoms with Crippen molar-refractivity contribution in [3.05, 3.63) is 11.1 Å². The Hall–Kier alpha value is 0.920. The summed E-state index contributed by atoms with van der Waals surface area (Å²) in [5.74, 6) is 2.72. The molecule has 13 heavy (non-hydrogen) atoms. The summed E-state index contributed by atoms with van der Waals surface area (Å²) in [7, 11) is 0. The van der Waals surface area contributed by atoms with Crippen molar-refractivity contribution in [1.82, 2.24) is 0 Å². The third-order valence-corrected chi connectivity index (χ3v) is 6.08. The number of halogens is 1. The lowest BCUT2D eigenvalue weighted by Gasteiger charge is -2.21. The first kappa shape index (κ1) is 12.0. The molecular formula is C10H17BrS2. The van der Waals surface area contributed by atoms with Gasteiger partial charge in [0, 0.05) is 5.33 Å². The largest absolute Gasteiger partial charge is 0.147 e. The summed E-state index contributed by atoms with van der Waals surface area (Å²) in [6.07, 6.45) is 2.67. The van der Waals surface area contributed by atoms with Crippen LogP contribution in [0.4, 0.5) is 0 Å². The van der Waals surface area contributed by atoms with Gasteiger partial charge in [0.1, 0.15) is 0 Å². The first-order valence-electron chi connectivity index (χ1n) is 4.68. The monoisotopic (exact) mass is 280 g/mol. The molecule has 1 rings (SSSR count). The molecule has 0 saturated carbocycles. The number of hydrogen-bond acceptors (Lipinski definition) is 2. The van der Waals surface area contributed by atoms with Crippen molar-refractivity contribution in [2.75, 3.05) is 16.8 Å². The highest BCUT2D eigenvalue weighted by atomic mass is 79.9. The first-order valence-corrected chi connectivity index (χ1v) is 7.90. The van der Waals surface area contributed by atoms with Crippen LogP contribution in [-0.2, 0) is 0 Å². The van der Waals surface area contributed by atoms with Crippen LogP contribution in [0.3, 0.4) is 0 Å². The van der Waals surface area contributed by atoms with E-state index in [0.29, 0.717) is 0 Å². The van der Waals surface area contributed by atoms with Crippen molar-refractivity contribution in [3.8, 4) is 0 Å². The van der Waals surface area contributed by atoms with Gasteiger partial charge in [-0.1, -0.05) is 27.1 Å². The van der Waals surface area contributed by atoms with Crippen LogP contribution >= 0.6 is 39.5 Å². The Morgan fingerprint density at radius 2 is 1.85 bits per heavy atom. The highest BCUT2D eigenvalue weighted by molar-refractivity contribution is 9.09. The first-order chi connectivity index (χ1) is 6.24. The van der Waals surface area contributed by atoms with Crippen LogP contribution in [0.25, 0.3) is 0 Å². The maximum atomic E-state index is 3.51. The molecule has 3 heteroatoms. The van der Waals surface area contributed by atoms with E-state index in [1.807, 2.05) is 0 Å². The van der Waals surface area contributed by atoms with Crippen molar-refractivity contribution in [3.63, 3.8) is 0 Å². The summed E-state index contributed by atoms with van der Waals surface area (Å²) < 4.78 is 0.822. The Morgan fingerprint density at radius 3 is 2.38 bits per heavy atom. The van der Waals surface area contributed by atoms with Crippen LogP contribution < -0.4 is 0 Å². The average Bonchev–Trinajstić information content (AvgIpc) is 2.18. The Kier molecular flexibility index (Phi) is 5.92. The van der Waals surface area contributed by atoms with Crippen molar-refractivity contribution >= 4 is 39.5 Å². The van der Waals surface area contributed by atoms with Crippen LogP contribution in [0.5, 0.6) is 0 Å². The summed E-state index contributed by atoms with van der Waals surface area (Å²) in [6.45, 7) is 4.49. The molecule has 0 N–H and O–H groups in total. The summed E-state index contributed by atoms with van der Waals surface area (Å²) in [6, 6.07) is 0. The van der Waals surface area contributed by atoms with Crippen LogP contribution in [-0.4, -0.2) is 21.4 Å². The fourth-order valence-corrected chi connectivity index (χ4v) is 4.70. The topological polar surface area (TPSA) is 0 Å². The van der Waals surface area contributed by atoms with E-state index in [0.717, 1.165) is 9.91 Å². The molecule has 0 nitrogen and oxygen atoms in total. The molecule has 76 valence electrons. The normalized spacial score (nSPS) is 21.5. The maximum absolute atomic E-state index is 3.51. The molecule has 0 aliphatic carbocycles. The molecule has 0 aromatic rings. The molecule has 1 aliphatic heterocycles. The van der Waals surface area contributed by atoms with Crippen LogP contribution in [0, 0.1) is 0 Å². The Morgan fingerprint density at radius 1 is 1.23 bits per heavy atom. The van der Waals surface area contributed by atoms with E-state index in [2.05, 4.69) is 53.3 Å². The zero-order valence-electron chi connectivity index (χ0n) is 8.31. The van der Waals surface area contributed by atoms with E-state index >= 15 is 0 Å². The molecule has 0 spiro atoms. The number of hydrogen-bond donors (Lipinski definition) is 0. The van der Waals surface area contributed by atoms with Gasteiger partial charge in [-0.15, -0.1) is 23.5 Å². The highest BCUT2D eigenvalue weighted by Crippen LogP contribution is 2.35. The van der Waals surface area contributed by atoms with E-state index < -0.39 is 0 Å². The maximum Gasteiger partial charge on any atom is 0.0539 e. The van der Waals surface area contributed by atoms with E-state index in [-0.39, 0.29) is 0 Å². The zero-order chi connectivity index (χ0) is 9.68. The molecule has 0 aromatic carbocycles. The van der Waals surface area contributed by atoms with Crippen LogP contribution in [0.1, 0.15) is 26.7 Å². The summed E-state index contributed by atoms with van der Waals surface area (Å²) in [5, 5.41) is 1.03.